The van der Waals surface area contributed by atoms with Crippen LogP contribution in [0.25, 0.3) is 0 Å². The lowest BCUT2D eigenvalue weighted by molar-refractivity contribution is -0.131. The minimum absolute atomic E-state index is 0.147. The average molecular weight is 423 g/mol. The number of carbonyl (C=O) groups is 1. The number of thioether (sulfide) groups is 1. The van der Waals surface area contributed by atoms with E-state index < -0.39 is 0 Å². The second kappa shape index (κ2) is 9.65. The van der Waals surface area contributed by atoms with Crippen molar-refractivity contribution in [3.8, 4) is 5.75 Å². The molecule has 152 valence electrons. The molecule has 0 spiro atoms. The molecule has 3 rings (SSSR count). The van der Waals surface area contributed by atoms with Gasteiger partial charge in [-0.25, -0.2) is 0 Å². The molecule has 28 heavy (non-hydrogen) atoms. The molecular weight excluding hydrogens is 396 g/mol. The van der Waals surface area contributed by atoms with Gasteiger partial charge in [0.15, 0.2) is 11.0 Å². The second-order valence-corrected chi connectivity index (χ2v) is 8.89. The largest absolute Gasteiger partial charge is 0.484 e. The Labute approximate surface area is 175 Å². The van der Waals surface area contributed by atoms with Crippen molar-refractivity contribution >= 4 is 29.3 Å². The fourth-order valence-corrected chi connectivity index (χ4v) is 4.55. The summed E-state index contributed by atoms with van der Waals surface area (Å²) in [5, 5.41) is 9.49. The summed E-state index contributed by atoms with van der Waals surface area (Å²) in [6.45, 7) is 2.19. The first kappa shape index (κ1) is 21.0. The molecule has 0 bridgehead atoms. The fourth-order valence-electron chi connectivity index (χ4n) is 3.42. The molecule has 2 aromatic rings. The maximum Gasteiger partial charge on any atom is 0.235 e. The summed E-state index contributed by atoms with van der Waals surface area (Å²) >= 11 is 7.55. The molecule has 1 heterocycles. The number of amides is 1. The van der Waals surface area contributed by atoms with Crippen LogP contribution < -0.4 is 4.74 Å². The highest BCUT2D eigenvalue weighted by molar-refractivity contribution is 8.00. The standard InChI is InChI=1S/C20H27ClN4O2S/c1-14(19(26)24(2)15-9-5-4-6-10-15)28-20-23-22-18(25(20)3)13-27-17-12-8-7-11-16(17)21/h7-8,11-12,14-15H,4-6,9-10,13H2,1-3H3. The maximum atomic E-state index is 12.8. The van der Waals surface area contributed by atoms with Crippen molar-refractivity contribution in [2.75, 3.05) is 7.05 Å². The van der Waals surface area contributed by atoms with Crippen molar-refractivity contribution in [3.63, 3.8) is 0 Å². The van der Waals surface area contributed by atoms with Crippen LogP contribution in [-0.4, -0.2) is 43.9 Å². The van der Waals surface area contributed by atoms with E-state index in [0.29, 0.717) is 27.8 Å². The quantitative estimate of drug-likeness (QED) is 0.622. The van der Waals surface area contributed by atoms with Crippen molar-refractivity contribution in [2.45, 2.75) is 62.1 Å². The summed E-state index contributed by atoms with van der Waals surface area (Å²) in [7, 11) is 3.81. The molecule has 1 aromatic heterocycles. The number of benzene rings is 1. The number of aromatic nitrogens is 3. The molecule has 1 aliphatic rings. The number of carbonyl (C=O) groups excluding carboxylic acids is 1. The van der Waals surface area contributed by atoms with Crippen LogP contribution in [0.2, 0.25) is 5.02 Å². The maximum absolute atomic E-state index is 12.8. The van der Waals surface area contributed by atoms with E-state index in [1.807, 2.05) is 48.7 Å². The summed E-state index contributed by atoms with van der Waals surface area (Å²) in [6.07, 6.45) is 5.91. The van der Waals surface area contributed by atoms with Crippen molar-refractivity contribution in [3.05, 3.63) is 35.1 Å². The van der Waals surface area contributed by atoms with Gasteiger partial charge in [0.1, 0.15) is 12.4 Å². The number of rotatable bonds is 7. The second-order valence-electron chi connectivity index (χ2n) is 7.18. The lowest BCUT2D eigenvalue weighted by Crippen LogP contribution is -2.42. The Morgan fingerprint density at radius 2 is 2.04 bits per heavy atom. The van der Waals surface area contributed by atoms with Crippen LogP contribution in [0.1, 0.15) is 44.9 Å². The van der Waals surface area contributed by atoms with E-state index in [1.54, 1.807) is 6.07 Å². The summed E-state index contributed by atoms with van der Waals surface area (Å²) < 4.78 is 7.61. The van der Waals surface area contributed by atoms with Gasteiger partial charge in [-0.05, 0) is 31.9 Å². The first-order valence-electron chi connectivity index (χ1n) is 9.66. The molecule has 0 radical (unpaired) electrons. The lowest BCUT2D eigenvalue weighted by Gasteiger charge is -2.32. The zero-order valence-corrected chi connectivity index (χ0v) is 18.2. The Hall–Kier alpha value is -1.73. The molecule has 6 nitrogen and oxygen atoms in total. The minimum Gasteiger partial charge on any atom is -0.484 e. The molecule has 1 saturated carbocycles. The summed E-state index contributed by atoms with van der Waals surface area (Å²) in [6, 6.07) is 7.69. The van der Waals surface area contributed by atoms with Crippen molar-refractivity contribution in [1.29, 1.82) is 0 Å². The van der Waals surface area contributed by atoms with E-state index >= 15 is 0 Å². The van der Waals surface area contributed by atoms with Crippen LogP contribution in [-0.2, 0) is 18.4 Å². The van der Waals surface area contributed by atoms with Crippen LogP contribution in [0.4, 0.5) is 0 Å². The van der Waals surface area contributed by atoms with Crippen LogP contribution in [0, 0.1) is 0 Å². The van der Waals surface area contributed by atoms with Crippen molar-refractivity contribution in [2.24, 2.45) is 7.05 Å². The molecular formula is C20H27ClN4O2S. The minimum atomic E-state index is -0.216. The van der Waals surface area contributed by atoms with E-state index in [9.17, 15) is 4.79 Å². The summed E-state index contributed by atoms with van der Waals surface area (Å²) in [5.74, 6) is 1.44. The molecule has 0 N–H and O–H groups in total. The smallest absolute Gasteiger partial charge is 0.235 e. The highest BCUT2D eigenvalue weighted by Gasteiger charge is 2.27. The number of hydrogen-bond donors (Lipinski definition) is 0. The van der Waals surface area contributed by atoms with Gasteiger partial charge in [0.2, 0.25) is 5.91 Å². The van der Waals surface area contributed by atoms with Gasteiger partial charge in [-0.2, -0.15) is 0 Å². The first-order chi connectivity index (χ1) is 13.5. The van der Waals surface area contributed by atoms with E-state index in [4.69, 9.17) is 16.3 Å². The summed E-state index contributed by atoms with van der Waals surface area (Å²) in [5.41, 5.74) is 0. The Morgan fingerprint density at radius 3 is 2.75 bits per heavy atom. The SMILES string of the molecule is CC(Sc1nnc(COc2ccccc2Cl)n1C)C(=O)N(C)C1CCCCC1. The van der Waals surface area contributed by atoms with E-state index in [-0.39, 0.29) is 17.8 Å². The summed E-state index contributed by atoms with van der Waals surface area (Å²) in [4.78, 5) is 14.7. The van der Waals surface area contributed by atoms with Gasteiger partial charge in [-0.1, -0.05) is 54.8 Å². The molecule has 1 aromatic carbocycles. The highest BCUT2D eigenvalue weighted by Crippen LogP contribution is 2.28. The Balaban J connectivity index is 1.58. The Morgan fingerprint density at radius 1 is 1.32 bits per heavy atom. The normalized spacial score (nSPS) is 16.0. The van der Waals surface area contributed by atoms with E-state index in [2.05, 4.69) is 10.2 Å². The number of nitrogens with zero attached hydrogens (tertiary/aromatic N) is 4. The van der Waals surface area contributed by atoms with Gasteiger partial charge in [-0.15, -0.1) is 10.2 Å². The van der Waals surface area contributed by atoms with E-state index in [0.717, 1.165) is 12.8 Å². The monoisotopic (exact) mass is 422 g/mol. The van der Waals surface area contributed by atoms with Crippen molar-refractivity contribution < 1.29 is 9.53 Å². The predicted molar refractivity (Wildman–Crippen MR) is 112 cm³/mol. The van der Waals surface area contributed by atoms with Crippen LogP contribution >= 0.6 is 23.4 Å². The molecule has 1 aliphatic carbocycles. The first-order valence-corrected chi connectivity index (χ1v) is 10.9. The average Bonchev–Trinajstić information content (AvgIpc) is 3.06. The van der Waals surface area contributed by atoms with E-state index in [1.165, 1.54) is 31.0 Å². The third kappa shape index (κ3) is 5.00. The number of hydrogen-bond acceptors (Lipinski definition) is 5. The molecule has 1 unspecified atom stereocenters. The van der Waals surface area contributed by atoms with Gasteiger partial charge in [-0.3, -0.25) is 4.79 Å². The van der Waals surface area contributed by atoms with Crippen LogP contribution in [0.5, 0.6) is 5.75 Å². The van der Waals surface area contributed by atoms with Gasteiger partial charge in [0.25, 0.3) is 0 Å². The van der Waals surface area contributed by atoms with Crippen LogP contribution in [0.3, 0.4) is 0 Å². The predicted octanol–water partition coefficient (Wildman–Crippen LogP) is 4.32. The lowest BCUT2D eigenvalue weighted by atomic mass is 9.94. The number of ether oxygens (including phenoxy) is 1. The van der Waals surface area contributed by atoms with Gasteiger partial charge in [0, 0.05) is 20.1 Å². The fraction of sp³-hybridized carbons (Fsp3) is 0.550. The Bertz CT molecular complexity index is 807. The topological polar surface area (TPSA) is 60.3 Å². The highest BCUT2D eigenvalue weighted by atomic mass is 35.5. The molecule has 8 heteroatoms. The van der Waals surface area contributed by atoms with Crippen LogP contribution in [0.15, 0.2) is 29.4 Å². The van der Waals surface area contributed by atoms with Gasteiger partial charge >= 0.3 is 0 Å². The zero-order chi connectivity index (χ0) is 20.1. The van der Waals surface area contributed by atoms with Gasteiger partial charge < -0.3 is 14.2 Å². The number of halogens is 1. The van der Waals surface area contributed by atoms with Gasteiger partial charge in [0.05, 0.1) is 10.3 Å². The third-order valence-electron chi connectivity index (χ3n) is 5.22. The molecule has 1 fully saturated rings. The molecule has 1 atom stereocenters. The Kier molecular flexibility index (Phi) is 7.24. The number of para-hydroxylation sites is 1. The molecule has 0 aliphatic heterocycles. The van der Waals surface area contributed by atoms with Crippen molar-refractivity contribution in [1.82, 2.24) is 19.7 Å². The zero-order valence-electron chi connectivity index (χ0n) is 16.6. The molecule has 1 amide bonds. The third-order valence-corrected chi connectivity index (χ3v) is 6.65. The molecule has 0 saturated heterocycles.